The van der Waals surface area contributed by atoms with Crippen LogP contribution in [0.4, 0.5) is 0 Å². The normalized spacial score (nSPS) is 18.8. The highest BCUT2D eigenvalue weighted by atomic mass is 16.2. The third kappa shape index (κ3) is 5.03. The van der Waals surface area contributed by atoms with Gasteiger partial charge in [-0.3, -0.25) is 9.69 Å². The Kier molecular flexibility index (Phi) is 7.29. The second-order valence-electron chi connectivity index (χ2n) is 9.51. The van der Waals surface area contributed by atoms with Crippen LogP contribution in [0.1, 0.15) is 62.6 Å². The van der Waals surface area contributed by atoms with Gasteiger partial charge in [-0.05, 0) is 43.0 Å². The summed E-state index contributed by atoms with van der Waals surface area (Å²) in [6.45, 7) is 11.2. The molecule has 2 heterocycles. The molecule has 2 aromatic carbocycles. The van der Waals surface area contributed by atoms with Crippen LogP contribution in [0, 0.1) is 5.92 Å². The molecule has 5 nitrogen and oxygen atoms in total. The topological polar surface area (TPSA) is 52.2 Å². The molecule has 0 aliphatic carbocycles. The average molecular weight is 445 g/mol. The van der Waals surface area contributed by atoms with E-state index in [1.165, 1.54) is 5.57 Å². The monoisotopic (exact) mass is 444 g/mol. The van der Waals surface area contributed by atoms with E-state index in [2.05, 4.69) is 71.7 Å². The van der Waals surface area contributed by atoms with Crippen LogP contribution in [0.15, 0.2) is 66.6 Å². The zero-order valence-electron chi connectivity index (χ0n) is 20.3. The van der Waals surface area contributed by atoms with Crippen LogP contribution < -0.4 is 0 Å². The predicted molar refractivity (Wildman–Crippen MR) is 135 cm³/mol. The van der Waals surface area contributed by atoms with Gasteiger partial charge < -0.3 is 9.88 Å². The van der Waals surface area contributed by atoms with Gasteiger partial charge in [0.05, 0.1) is 18.1 Å². The van der Waals surface area contributed by atoms with E-state index in [-0.39, 0.29) is 11.9 Å². The van der Waals surface area contributed by atoms with E-state index in [4.69, 9.17) is 0 Å². The number of carbonyl (C=O) groups excluding carboxylic acids is 1. The van der Waals surface area contributed by atoms with E-state index in [1.54, 1.807) is 6.33 Å². The number of benzene rings is 2. The predicted octanol–water partition coefficient (Wildman–Crippen LogP) is 5.83. The van der Waals surface area contributed by atoms with E-state index >= 15 is 0 Å². The van der Waals surface area contributed by atoms with E-state index in [1.807, 2.05) is 30.5 Å². The maximum absolute atomic E-state index is 13.7. The lowest BCUT2D eigenvalue weighted by molar-refractivity contribution is 0.0130. The molecule has 3 atom stereocenters. The molecule has 0 bridgehead atoms. The van der Waals surface area contributed by atoms with E-state index in [9.17, 15) is 4.79 Å². The van der Waals surface area contributed by atoms with Crippen LogP contribution in [0.5, 0.6) is 0 Å². The lowest BCUT2D eigenvalue weighted by Gasteiger charge is -2.47. The molecular weight excluding hydrogens is 408 g/mol. The zero-order valence-corrected chi connectivity index (χ0v) is 20.3. The van der Waals surface area contributed by atoms with Crippen LogP contribution in [0.2, 0.25) is 0 Å². The molecule has 33 heavy (non-hydrogen) atoms. The van der Waals surface area contributed by atoms with Crippen LogP contribution in [0.25, 0.3) is 10.8 Å². The number of aromatic amines is 1. The van der Waals surface area contributed by atoms with Crippen molar-refractivity contribution >= 4 is 16.7 Å². The number of H-pyrrole nitrogens is 1. The van der Waals surface area contributed by atoms with Gasteiger partial charge in [0, 0.05) is 37.4 Å². The summed E-state index contributed by atoms with van der Waals surface area (Å²) in [6, 6.07) is 14.7. The number of piperazine rings is 1. The molecule has 3 aromatic rings. The number of amides is 1. The molecule has 1 saturated heterocycles. The van der Waals surface area contributed by atoms with Crippen LogP contribution >= 0.6 is 0 Å². The lowest BCUT2D eigenvalue weighted by atomic mass is 9.91. The van der Waals surface area contributed by atoms with E-state index < -0.39 is 0 Å². The van der Waals surface area contributed by atoms with Crippen molar-refractivity contribution in [3.05, 3.63) is 77.9 Å². The minimum absolute atomic E-state index is 0.141. The molecule has 5 heteroatoms. The number of imidazole rings is 1. The first-order chi connectivity index (χ1) is 16.0. The Labute approximate surface area is 197 Å². The molecular formula is C28H36N4O. The summed E-state index contributed by atoms with van der Waals surface area (Å²) in [4.78, 5) is 26.0. The number of nitrogens with one attached hydrogen (secondary N) is 1. The Balaban J connectivity index is 1.62. The Morgan fingerprint density at radius 3 is 2.70 bits per heavy atom. The van der Waals surface area contributed by atoms with Crippen LogP contribution in [-0.4, -0.2) is 51.4 Å². The third-order valence-electron chi connectivity index (χ3n) is 7.10. The number of allylic oxidation sites excluding steroid dienone is 1. The van der Waals surface area contributed by atoms with Crippen molar-refractivity contribution in [3.63, 3.8) is 0 Å². The number of nitrogens with zero attached hydrogens (tertiary/aromatic N) is 3. The van der Waals surface area contributed by atoms with Gasteiger partial charge in [0.1, 0.15) is 0 Å². The minimum atomic E-state index is 0.141. The van der Waals surface area contributed by atoms with Crippen LogP contribution in [0.3, 0.4) is 0 Å². The van der Waals surface area contributed by atoms with Crippen molar-refractivity contribution in [2.75, 3.05) is 19.6 Å². The van der Waals surface area contributed by atoms with Crippen molar-refractivity contribution in [1.29, 1.82) is 0 Å². The van der Waals surface area contributed by atoms with Gasteiger partial charge in [0.25, 0.3) is 5.91 Å². The smallest absolute Gasteiger partial charge is 0.254 e. The van der Waals surface area contributed by atoms with Gasteiger partial charge in [-0.2, -0.15) is 0 Å². The molecule has 2 unspecified atom stereocenters. The maximum Gasteiger partial charge on any atom is 0.254 e. The number of carbonyl (C=O) groups is 1. The molecule has 1 N–H and O–H groups in total. The summed E-state index contributed by atoms with van der Waals surface area (Å²) < 4.78 is 0. The van der Waals surface area contributed by atoms with Crippen molar-refractivity contribution in [2.24, 2.45) is 5.92 Å². The van der Waals surface area contributed by atoms with Crippen molar-refractivity contribution in [1.82, 2.24) is 19.8 Å². The van der Waals surface area contributed by atoms with Gasteiger partial charge >= 0.3 is 0 Å². The largest absolute Gasteiger partial charge is 0.347 e. The second-order valence-corrected chi connectivity index (χ2v) is 9.51. The fourth-order valence-electron chi connectivity index (χ4n) is 4.99. The van der Waals surface area contributed by atoms with Crippen molar-refractivity contribution in [2.45, 2.75) is 52.6 Å². The first-order valence-electron chi connectivity index (χ1n) is 12.1. The van der Waals surface area contributed by atoms with Gasteiger partial charge in [-0.1, -0.05) is 68.3 Å². The van der Waals surface area contributed by atoms with Gasteiger partial charge in [-0.15, -0.1) is 0 Å². The molecule has 1 fully saturated rings. The number of hydrogen-bond acceptors (Lipinski definition) is 3. The molecule has 0 saturated carbocycles. The first-order valence-corrected chi connectivity index (χ1v) is 12.1. The highest BCUT2D eigenvalue weighted by Crippen LogP contribution is 2.32. The lowest BCUT2D eigenvalue weighted by Crippen LogP contribution is -2.57. The highest BCUT2D eigenvalue weighted by Gasteiger charge is 2.37. The summed E-state index contributed by atoms with van der Waals surface area (Å²) in [6.07, 6.45) is 8.05. The summed E-state index contributed by atoms with van der Waals surface area (Å²) >= 11 is 0. The van der Waals surface area contributed by atoms with Crippen LogP contribution in [-0.2, 0) is 0 Å². The molecule has 174 valence electrons. The number of aromatic nitrogens is 2. The fraction of sp³-hybridized carbons (Fsp3) is 0.429. The number of rotatable bonds is 7. The van der Waals surface area contributed by atoms with Gasteiger partial charge in [0.15, 0.2) is 0 Å². The fourth-order valence-corrected chi connectivity index (χ4v) is 4.99. The van der Waals surface area contributed by atoms with E-state index in [0.29, 0.717) is 12.0 Å². The summed E-state index contributed by atoms with van der Waals surface area (Å²) in [7, 11) is 0. The molecule has 0 radical (unpaired) electrons. The third-order valence-corrected chi connectivity index (χ3v) is 7.10. The molecule has 1 aliphatic rings. The van der Waals surface area contributed by atoms with E-state index in [0.717, 1.165) is 54.5 Å². The zero-order chi connectivity index (χ0) is 23.4. The maximum atomic E-state index is 13.7. The molecule has 1 aromatic heterocycles. The van der Waals surface area contributed by atoms with Gasteiger partial charge in [-0.25, -0.2) is 4.98 Å². The molecule has 1 aliphatic heterocycles. The quantitative estimate of drug-likeness (QED) is 0.466. The Bertz CT molecular complexity index is 1090. The Hall–Kier alpha value is -2.92. The number of fused-ring (bicyclic) bond motifs is 1. The SMILES string of the molecule is CCC(C)[C@H]1CN(C(=O)c2cccc3ccccc23)CCN1C(CC=C(C)C)c1cnc[nH]1. The molecule has 1 amide bonds. The summed E-state index contributed by atoms with van der Waals surface area (Å²) in [5.41, 5.74) is 3.28. The minimum Gasteiger partial charge on any atom is -0.347 e. The second kappa shape index (κ2) is 10.3. The molecule has 4 rings (SSSR count). The summed E-state index contributed by atoms with van der Waals surface area (Å²) in [5, 5.41) is 2.15. The van der Waals surface area contributed by atoms with Crippen molar-refractivity contribution in [3.8, 4) is 0 Å². The highest BCUT2D eigenvalue weighted by molar-refractivity contribution is 6.07. The standard InChI is InChI=1S/C28H36N4O/c1-5-21(4)27-18-31(28(33)24-12-8-10-22-9-6-7-11-23(22)24)15-16-32(27)26(14-13-20(2)3)25-17-29-19-30-25/h6-13,17,19,21,26-27H,5,14-16,18H2,1-4H3,(H,29,30)/t21?,26?,27-/m1/s1. The Morgan fingerprint density at radius 2 is 1.97 bits per heavy atom. The van der Waals surface area contributed by atoms with Gasteiger partial charge in [0.2, 0.25) is 0 Å². The van der Waals surface area contributed by atoms with Crippen molar-refractivity contribution < 1.29 is 4.79 Å². The summed E-state index contributed by atoms with van der Waals surface area (Å²) in [5.74, 6) is 0.618. The number of hydrogen-bond donors (Lipinski definition) is 1. The molecule has 0 spiro atoms. The first kappa shape index (κ1) is 23.2. The average Bonchev–Trinajstić information content (AvgIpc) is 3.37. The Morgan fingerprint density at radius 1 is 1.18 bits per heavy atom.